The molecule has 2 heteroatoms. The van der Waals surface area contributed by atoms with Gasteiger partial charge in [0.05, 0.1) is 0 Å². The molecule has 0 aromatic rings. The van der Waals surface area contributed by atoms with E-state index in [1.165, 1.54) is 0 Å². The van der Waals surface area contributed by atoms with Crippen molar-refractivity contribution in [3.8, 4) is 11.8 Å². The van der Waals surface area contributed by atoms with Gasteiger partial charge in [0.1, 0.15) is 0 Å². The molecule has 1 nitrogen and oxygen atoms in total. The van der Waals surface area contributed by atoms with Gasteiger partial charge >= 0.3 is 0 Å². The Kier molecular flexibility index (Phi) is 3.38. The largest absolute Gasteiger partial charge is 0.372 e. The maximum absolute atomic E-state index is 4.84. The molecule has 0 aliphatic rings. The van der Waals surface area contributed by atoms with Gasteiger partial charge in [0.2, 0.25) is 0 Å². The molecule has 0 aromatic carbocycles. The van der Waals surface area contributed by atoms with Crippen LogP contribution < -0.4 is 5.32 Å². The summed E-state index contributed by atoms with van der Waals surface area (Å²) in [6.45, 7) is 6.16. The first-order valence-corrected chi connectivity index (χ1v) is 3.61. The predicted octanol–water partition coefficient (Wildman–Crippen LogP) is 1.58. The average molecular weight is 155 g/mol. The molecular formula is C8H13NS. The van der Waals surface area contributed by atoms with Crippen molar-refractivity contribution in [1.29, 1.82) is 0 Å². The van der Waals surface area contributed by atoms with Crippen molar-refractivity contribution in [2.45, 2.75) is 20.8 Å². The van der Waals surface area contributed by atoms with Gasteiger partial charge in [0.15, 0.2) is 4.99 Å². The van der Waals surface area contributed by atoms with Gasteiger partial charge in [-0.2, -0.15) is 0 Å². The number of nitrogens with one attached hydrogen (secondary N) is 1. The van der Waals surface area contributed by atoms with Gasteiger partial charge in [-0.15, -0.1) is 0 Å². The van der Waals surface area contributed by atoms with Crippen LogP contribution in [-0.2, 0) is 0 Å². The third-order valence-electron chi connectivity index (χ3n) is 0.778. The summed E-state index contributed by atoms with van der Waals surface area (Å²) in [7, 11) is 1.78. The van der Waals surface area contributed by atoms with Crippen LogP contribution in [0, 0.1) is 17.3 Å². The van der Waals surface area contributed by atoms with Crippen LogP contribution in [0.15, 0.2) is 0 Å². The summed E-state index contributed by atoms with van der Waals surface area (Å²) < 4.78 is 0. The molecule has 0 heterocycles. The van der Waals surface area contributed by atoms with Crippen molar-refractivity contribution >= 4 is 17.2 Å². The minimum atomic E-state index is 0.0426. The Morgan fingerprint density at radius 3 is 2.20 bits per heavy atom. The van der Waals surface area contributed by atoms with Crippen LogP contribution in [0.3, 0.4) is 0 Å². The summed E-state index contributed by atoms with van der Waals surface area (Å²) in [6, 6.07) is 0. The van der Waals surface area contributed by atoms with Crippen molar-refractivity contribution in [2.24, 2.45) is 5.41 Å². The van der Waals surface area contributed by atoms with Gasteiger partial charge in [0.25, 0.3) is 0 Å². The fourth-order valence-electron chi connectivity index (χ4n) is 0.307. The van der Waals surface area contributed by atoms with E-state index in [2.05, 4.69) is 37.9 Å². The number of rotatable bonds is 0. The third-order valence-corrected chi connectivity index (χ3v) is 1.08. The maximum Gasteiger partial charge on any atom is 0.150 e. The zero-order valence-electron chi connectivity index (χ0n) is 6.91. The molecule has 0 amide bonds. The SMILES string of the molecule is CNC(=S)C#CC(C)(C)C. The summed E-state index contributed by atoms with van der Waals surface area (Å²) in [6.07, 6.45) is 0. The zero-order valence-corrected chi connectivity index (χ0v) is 7.72. The molecule has 0 atom stereocenters. The fourth-order valence-corrected chi connectivity index (χ4v) is 0.358. The molecule has 0 aliphatic carbocycles. The summed E-state index contributed by atoms with van der Waals surface area (Å²) in [4.78, 5) is 0.606. The van der Waals surface area contributed by atoms with Crippen LogP contribution in [0.2, 0.25) is 0 Å². The van der Waals surface area contributed by atoms with Gasteiger partial charge < -0.3 is 5.32 Å². The highest BCUT2D eigenvalue weighted by atomic mass is 32.1. The molecule has 56 valence electrons. The quantitative estimate of drug-likeness (QED) is 0.421. The molecule has 0 aliphatic heterocycles. The highest BCUT2D eigenvalue weighted by molar-refractivity contribution is 7.80. The Hall–Kier alpha value is -0.550. The second-order valence-electron chi connectivity index (χ2n) is 3.08. The van der Waals surface area contributed by atoms with Gasteiger partial charge in [0, 0.05) is 12.5 Å². The van der Waals surface area contributed by atoms with E-state index in [9.17, 15) is 0 Å². The topological polar surface area (TPSA) is 12.0 Å². The van der Waals surface area contributed by atoms with E-state index in [0.717, 1.165) is 0 Å². The lowest BCUT2D eigenvalue weighted by molar-refractivity contribution is 0.571. The first-order valence-electron chi connectivity index (χ1n) is 3.20. The second kappa shape index (κ2) is 3.58. The van der Waals surface area contributed by atoms with Crippen LogP contribution in [-0.4, -0.2) is 12.0 Å². The monoisotopic (exact) mass is 155 g/mol. The van der Waals surface area contributed by atoms with Crippen molar-refractivity contribution in [3.05, 3.63) is 0 Å². The molecule has 0 fully saturated rings. The van der Waals surface area contributed by atoms with Crippen LogP contribution in [0.4, 0.5) is 0 Å². The molecule has 0 unspecified atom stereocenters. The molecule has 0 bridgehead atoms. The van der Waals surface area contributed by atoms with Crippen molar-refractivity contribution in [2.75, 3.05) is 7.05 Å². The van der Waals surface area contributed by atoms with Crippen molar-refractivity contribution < 1.29 is 0 Å². The molecule has 0 aromatic heterocycles. The van der Waals surface area contributed by atoms with Gasteiger partial charge in [-0.25, -0.2) is 0 Å². The first kappa shape index (κ1) is 9.45. The number of hydrogen-bond donors (Lipinski definition) is 1. The Balaban J connectivity index is 4.05. The highest BCUT2D eigenvalue weighted by Gasteiger charge is 2.03. The van der Waals surface area contributed by atoms with E-state index in [1.807, 2.05) is 0 Å². The zero-order chi connectivity index (χ0) is 8.20. The minimum absolute atomic E-state index is 0.0426. The molecule has 0 spiro atoms. The Bertz CT molecular complexity index is 178. The Morgan fingerprint density at radius 1 is 1.40 bits per heavy atom. The van der Waals surface area contributed by atoms with Crippen LogP contribution in [0.1, 0.15) is 20.8 Å². The maximum atomic E-state index is 4.84. The average Bonchev–Trinajstić information content (AvgIpc) is 1.81. The van der Waals surface area contributed by atoms with E-state index < -0.39 is 0 Å². The molecule has 1 N–H and O–H groups in total. The summed E-state index contributed by atoms with van der Waals surface area (Å²) in [5.74, 6) is 5.86. The lowest BCUT2D eigenvalue weighted by Gasteiger charge is -2.06. The van der Waals surface area contributed by atoms with E-state index >= 15 is 0 Å². The highest BCUT2D eigenvalue weighted by Crippen LogP contribution is 2.09. The molecule has 0 rings (SSSR count). The van der Waals surface area contributed by atoms with Gasteiger partial charge in [-0.3, -0.25) is 0 Å². The van der Waals surface area contributed by atoms with E-state index in [0.29, 0.717) is 4.99 Å². The first-order chi connectivity index (χ1) is 4.45. The van der Waals surface area contributed by atoms with Crippen LogP contribution >= 0.6 is 12.2 Å². The number of hydrogen-bond acceptors (Lipinski definition) is 1. The van der Waals surface area contributed by atoms with E-state index in [-0.39, 0.29) is 5.41 Å². The molecule has 10 heavy (non-hydrogen) atoms. The normalized spacial score (nSPS) is 9.60. The lowest BCUT2D eigenvalue weighted by atomic mass is 9.98. The minimum Gasteiger partial charge on any atom is -0.372 e. The second-order valence-corrected chi connectivity index (χ2v) is 3.49. The van der Waals surface area contributed by atoms with Crippen LogP contribution in [0.25, 0.3) is 0 Å². The fraction of sp³-hybridized carbons (Fsp3) is 0.625. The molecule has 0 saturated heterocycles. The summed E-state index contributed by atoms with van der Waals surface area (Å²) >= 11 is 4.84. The van der Waals surface area contributed by atoms with Crippen molar-refractivity contribution in [3.63, 3.8) is 0 Å². The predicted molar refractivity (Wildman–Crippen MR) is 48.9 cm³/mol. The smallest absolute Gasteiger partial charge is 0.150 e. The lowest BCUT2D eigenvalue weighted by Crippen LogP contribution is -2.13. The third kappa shape index (κ3) is 5.58. The van der Waals surface area contributed by atoms with Crippen molar-refractivity contribution in [1.82, 2.24) is 5.32 Å². The Labute approximate surface area is 68.2 Å². The number of thiocarbonyl (C=S) groups is 1. The molecule has 0 saturated carbocycles. The van der Waals surface area contributed by atoms with E-state index in [1.54, 1.807) is 7.05 Å². The standard InChI is InChI=1S/C8H13NS/c1-8(2,3)6-5-7(10)9-4/h1-4H3,(H,9,10). The Morgan fingerprint density at radius 2 is 1.90 bits per heavy atom. The summed E-state index contributed by atoms with van der Waals surface area (Å²) in [5, 5.41) is 2.80. The molecular weight excluding hydrogens is 142 g/mol. The van der Waals surface area contributed by atoms with Crippen LogP contribution in [0.5, 0.6) is 0 Å². The van der Waals surface area contributed by atoms with E-state index in [4.69, 9.17) is 12.2 Å². The summed E-state index contributed by atoms with van der Waals surface area (Å²) in [5.41, 5.74) is 0.0426. The molecule has 0 radical (unpaired) electrons. The van der Waals surface area contributed by atoms with Gasteiger partial charge in [-0.05, 0) is 26.7 Å². The van der Waals surface area contributed by atoms with Gasteiger partial charge in [-0.1, -0.05) is 18.1 Å².